The SMILES string of the molecule is O=C(c1ccc(-n2cncn2)cc1)N1CCCN(S(=O)(=O)c2ccc(F)cc2)CC1. The number of benzene rings is 2. The van der Waals surface area contributed by atoms with E-state index in [9.17, 15) is 17.6 Å². The van der Waals surface area contributed by atoms with Gasteiger partial charge in [-0.1, -0.05) is 0 Å². The van der Waals surface area contributed by atoms with Gasteiger partial charge in [-0.15, -0.1) is 0 Å². The number of aromatic nitrogens is 3. The van der Waals surface area contributed by atoms with Crippen LogP contribution in [0.25, 0.3) is 5.69 Å². The maximum absolute atomic E-state index is 13.1. The monoisotopic (exact) mass is 429 g/mol. The van der Waals surface area contributed by atoms with Crippen LogP contribution in [0.4, 0.5) is 4.39 Å². The maximum atomic E-state index is 13.1. The lowest BCUT2D eigenvalue weighted by Gasteiger charge is -2.22. The second-order valence-corrected chi connectivity index (χ2v) is 8.83. The lowest BCUT2D eigenvalue weighted by Crippen LogP contribution is -2.37. The van der Waals surface area contributed by atoms with Crippen LogP contribution in [0.3, 0.4) is 0 Å². The van der Waals surface area contributed by atoms with Gasteiger partial charge in [-0.3, -0.25) is 4.79 Å². The number of hydrogen-bond acceptors (Lipinski definition) is 5. The lowest BCUT2D eigenvalue weighted by molar-refractivity contribution is 0.0764. The zero-order valence-electron chi connectivity index (χ0n) is 16.1. The van der Waals surface area contributed by atoms with Crippen LogP contribution in [0.15, 0.2) is 66.1 Å². The molecule has 1 aliphatic rings. The Hall–Kier alpha value is -3.11. The van der Waals surface area contributed by atoms with Gasteiger partial charge in [-0.05, 0) is 55.0 Å². The molecule has 0 unspecified atom stereocenters. The van der Waals surface area contributed by atoms with Crippen molar-refractivity contribution in [3.8, 4) is 5.69 Å². The molecule has 1 saturated heterocycles. The fourth-order valence-corrected chi connectivity index (χ4v) is 4.84. The Morgan fingerprint density at radius 3 is 2.33 bits per heavy atom. The van der Waals surface area contributed by atoms with E-state index in [0.717, 1.165) is 17.8 Å². The standard InChI is InChI=1S/C20H20FN5O3S/c21-17-4-8-19(9-5-17)30(28,29)25-11-1-10-24(12-13-25)20(27)16-2-6-18(7-3-16)26-15-22-14-23-26/h2-9,14-15H,1,10-13H2. The molecular formula is C20H20FN5O3S. The van der Waals surface area contributed by atoms with Gasteiger partial charge in [0.05, 0.1) is 10.6 Å². The van der Waals surface area contributed by atoms with Crippen molar-refractivity contribution in [2.75, 3.05) is 26.2 Å². The first-order valence-electron chi connectivity index (χ1n) is 9.45. The zero-order chi connectivity index (χ0) is 21.1. The highest BCUT2D eigenvalue weighted by atomic mass is 32.2. The van der Waals surface area contributed by atoms with Crippen LogP contribution in [0.1, 0.15) is 16.8 Å². The van der Waals surface area contributed by atoms with Crippen LogP contribution in [-0.2, 0) is 10.0 Å². The lowest BCUT2D eigenvalue weighted by atomic mass is 10.1. The van der Waals surface area contributed by atoms with E-state index >= 15 is 0 Å². The molecule has 2 heterocycles. The normalized spacial score (nSPS) is 15.7. The predicted molar refractivity (Wildman–Crippen MR) is 107 cm³/mol. The first-order chi connectivity index (χ1) is 14.4. The Bertz CT molecular complexity index is 1120. The van der Waals surface area contributed by atoms with Gasteiger partial charge in [0, 0.05) is 31.7 Å². The molecule has 10 heteroatoms. The molecular weight excluding hydrogens is 409 g/mol. The molecule has 0 bridgehead atoms. The van der Waals surface area contributed by atoms with Crippen LogP contribution >= 0.6 is 0 Å². The summed E-state index contributed by atoms with van der Waals surface area (Å²) in [6.45, 7) is 1.22. The minimum Gasteiger partial charge on any atom is -0.337 e. The minimum atomic E-state index is -3.73. The van der Waals surface area contributed by atoms with Crippen molar-refractivity contribution in [2.24, 2.45) is 0 Å². The first kappa shape index (κ1) is 20.2. The highest BCUT2D eigenvalue weighted by Crippen LogP contribution is 2.19. The van der Waals surface area contributed by atoms with Crippen molar-refractivity contribution < 1.29 is 17.6 Å². The molecule has 156 valence electrons. The largest absolute Gasteiger partial charge is 0.337 e. The van der Waals surface area contributed by atoms with Crippen LogP contribution in [0.2, 0.25) is 0 Å². The number of carbonyl (C=O) groups is 1. The van der Waals surface area contributed by atoms with Crippen molar-refractivity contribution >= 4 is 15.9 Å². The molecule has 0 aliphatic carbocycles. The van der Waals surface area contributed by atoms with Gasteiger partial charge < -0.3 is 4.90 Å². The number of halogens is 1. The third kappa shape index (κ3) is 4.10. The molecule has 8 nitrogen and oxygen atoms in total. The van der Waals surface area contributed by atoms with E-state index in [4.69, 9.17) is 0 Å². The number of sulfonamides is 1. The average molecular weight is 429 g/mol. The fourth-order valence-electron chi connectivity index (χ4n) is 3.37. The summed E-state index contributed by atoms with van der Waals surface area (Å²) < 4.78 is 41.7. The number of amides is 1. The zero-order valence-corrected chi connectivity index (χ0v) is 16.9. The van der Waals surface area contributed by atoms with E-state index in [-0.39, 0.29) is 23.9 Å². The Labute approximate surface area is 173 Å². The van der Waals surface area contributed by atoms with Gasteiger partial charge in [-0.25, -0.2) is 22.5 Å². The van der Waals surface area contributed by atoms with E-state index < -0.39 is 15.8 Å². The average Bonchev–Trinajstić information content (AvgIpc) is 3.17. The molecule has 1 aromatic heterocycles. The highest BCUT2D eigenvalue weighted by molar-refractivity contribution is 7.89. The van der Waals surface area contributed by atoms with E-state index in [0.29, 0.717) is 25.1 Å². The van der Waals surface area contributed by atoms with Gasteiger partial charge in [0.2, 0.25) is 10.0 Å². The molecule has 30 heavy (non-hydrogen) atoms. The Morgan fingerprint density at radius 2 is 1.67 bits per heavy atom. The molecule has 0 saturated carbocycles. The quantitative estimate of drug-likeness (QED) is 0.633. The van der Waals surface area contributed by atoms with Gasteiger partial charge in [-0.2, -0.15) is 9.40 Å². The molecule has 3 aromatic rings. The molecule has 0 spiro atoms. The number of hydrogen-bond donors (Lipinski definition) is 0. The summed E-state index contributed by atoms with van der Waals surface area (Å²) in [5.41, 5.74) is 1.31. The van der Waals surface area contributed by atoms with Crippen molar-refractivity contribution in [3.05, 3.63) is 72.6 Å². The number of nitrogens with zero attached hydrogens (tertiary/aromatic N) is 5. The first-order valence-corrected chi connectivity index (χ1v) is 10.9. The van der Waals surface area contributed by atoms with Crippen LogP contribution in [0, 0.1) is 5.82 Å². The second-order valence-electron chi connectivity index (χ2n) is 6.89. The molecule has 1 fully saturated rings. The third-order valence-corrected chi connectivity index (χ3v) is 6.90. The van der Waals surface area contributed by atoms with Crippen molar-refractivity contribution in [1.29, 1.82) is 0 Å². The summed E-state index contributed by atoms with van der Waals surface area (Å²) in [6, 6.07) is 11.8. The third-order valence-electron chi connectivity index (χ3n) is 4.99. The van der Waals surface area contributed by atoms with Gasteiger partial charge in [0.15, 0.2) is 0 Å². The van der Waals surface area contributed by atoms with Crippen LogP contribution in [0.5, 0.6) is 0 Å². The van der Waals surface area contributed by atoms with E-state index in [1.54, 1.807) is 40.2 Å². The fraction of sp³-hybridized carbons (Fsp3) is 0.250. The summed E-state index contributed by atoms with van der Waals surface area (Å²) >= 11 is 0. The van der Waals surface area contributed by atoms with Gasteiger partial charge >= 0.3 is 0 Å². The molecule has 2 aromatic carbocycles. The number of rotatable bonds is 4. The Morgan fingerprint density at radius 1 is 0.933 bits per heavy atom. The minimum absolute atomic E-state index is 0.0485. The molecule has 4 rings (SSSR count). The summed E-state index contributed by atoms with van der Waals surface area (Å²) in [4.78, 5) is 18.5. The van der Waals surface area contributed by atoms with E-state index in [2.05, 4.69) is 10.1 Å². The van der Waals surface area contributed by atoms with Crippen LogP contribution < -0.4 is 0 Å². The van der Waals surface area contributed by atoms with E-state index in [1.807, 2.05) is 0 Å². The molecule has 1 amide bonds. The summed E-state index contributed by atoms with van der Waals surface area (Å²) in [7, 11) is -3.73. The van der Waals surface area contributed by atoms with E-state index in [1.165, 1.54) is 22.8 Å². The highest BCUT2D eigenvalue weighted by Gasteiger charge is 2.28. The smallest absolute Gasteiger partial charge is 0.253 e. The predicted octanol–water partition coefficient (Wildman–Crippen LogP) is 1.94. The molecule has 0 N–H and O–H groups in total. The molecule has 0 atom stereocenters. The maximum Gasteiger partial charge on any atom is 0.253 e. The summed E-state index contributed by atoms with van der Waals surface area (Å²) in [5, 5.41) is 4.05. The number of carbonyl (C=O) groups excluding carboxylic acids is 1. The van der Waals surface area contributed by atoms with Crippen LogP contribution in [-0.4, -0.2) is 64.5 Å². The summed E-state index contributed by atoms with van der Waals surface area (Å²) in [5.74, 6) is -0.641. The molecule has 1 aliphatic heterocycles. The van der Waals surface area contributed by atoms with Crippen molar-refractivity contribution in [3.63, 3.8) is 0 Å². The van der Waals surface area contributed by atoms with Crippen molar-refractivity contribution in [1.82, 2.24) is 24.0 Å². The Balaban J connectivity index is 1.45. The second kappa shape index (κ2) is 8.33. The Kier molecular flexibility index (Phi) is 5.60. The van der Waals surface area contributed by atoms with Gasteiger partial charge in [0.1, 0.15) is 18.5 Å². The summed E-state index contributed by atoms with van der Waals surface area (Å²) in [6.07, 6.45) is 3.52. The van der Waals surface area contributed by atoms with Crippen molar-refractivity contribution in [2.45, 2.75) is 11.3 Å². The topological polar surface area (TPSA) is 88.4 Å². The molecule has 0 radical (unpaired) electrons. The van der Waals surface area contributed by atoms with Gasteiger partial charge in [0.25, 0.3) is 5.91 Å².